The smallest absolute Gasteiger partial charge is 0.234 e. The molecule has 1 aromatic carbocycles. The van der Waals surface area contributed by atoms with Gasteiger partial charge in [-0.1, -0.05) is 11.8 Å². The summed E-state index contributed by atoms with van der Waals surface area (Å²) < 4.78 is 0. The summed E-state index contributed by atoms with van der Waals surface area (Å²) in [6.45, 7) is 7.44. The number of amides is 1. The number of carbonyl (C=O) groups excluding carboxylic acids is 1. The van der Waals surface area contributed by atoms with Gasteiger partial charge in [-0.05, 0) is 76.3 Å². The summed E-state index contributed by atoms with van der Waals surface area (Å²) >= 11 is 3.05. The fourth-order valence-electron chi connectivity index (χ4n) is 4.14. The number of nitrogens with two attached hydrogens (primary N) is 1. The van der Waals surface area contributed by atoms with Crippen LogP contribution >= 0.6 is 23.1 Å². The molecule has 0 aliphatic heterocycles. The molecule has 0 saturated heterocycles. The van der Waals surface area contributed by atoms with Gasteiger partial charge in [-0.15, -0.1) is 11.3 Å². The van der Waals surface area contributed by atoms with Crippen LogP contribution in [0.2, 0.25) is 0 Å². The van der Waals surface area contributed by atoms with Crippen molar-refractivity contribution in [3.63, 3.8) is 0 Å². The van der Waals surface area contributed by atoms with Crippen molar-refractivity contribution in [1.29, 1.82) is 0 Å². The van der Waals surface area contributed by atoms with Crippen molar-refractivity contribution in [2.75, 3.05) is 28.2 Å². The van der Waals surface area contributed by atoms with E-state index in [1.165, 1.54) is 35.0 Å². The molecule has 1 aliphatic rings. The quantitative estimate of drug-likeness (QED) is 0.380. The van der Waals surface area contributed by atoms with E-state index in [0.29, 0.717) is 17.0 Å². The number of hydrogen-bond acceptors (Lipinski definition) is 7. The Kier molecular flexibility index (Phi) is 6.67. The minimum atomic E-state index is -0.0818. The maximum Gasteiger partial charge on any atom is 0.234 e. The number of aromatic nitrogens is 2. The number of rotatable bonds is 7. The molecule has 6 nitrogen and oxygen atoms in total. The van der Waals surface area contributed by atoms with Gasteiger partial charge in [0.05, 0.1) is 11.1 Å². The Hall–Kier alpha value is -2.32. The zero-order valence-electron chi connectivity index (χ0n) is 18.3. The number of fused-ring (bicyclic) bond motifs is 3. The van der Waals surface area contributed by atoms with Crippen molar-refractivity contribution >= 4 is 56.4 Å². The van der Waals surface area contributed by atoms with E-state index in [-0.39, 0.29) is 11.7 Å². The molecule has 1 amide bonds. The predicted octanol–water partition coefficient (Wildman–Crippen LogP) is 5.12. The largest absolute Gasteiger partial charge is 0.383 e. The van der Waals surface area contributed by atoms with Crippen LogP contribution in [0.25, 0.3) is 10.2 Å². The molecular weight excluding hydrogens is 426 g/mol. The summed E-state index contributed by atoms with van der Waals surface area (Å²) in [4.78, 5) is 26.2. The van der Waals surface area contributed by atoms with Gasteiger partial charge < -0.3 is 16.0 Å². The molecule has 0 bridgehead atoms. The number of nitrogens with zero attached hydrogens (tertiary/aromatic N) is 3. The Morgan fingerprint density at radius 2 is 1.97 bits per heavy atom. The molecule has 0 saturated carbocycles. The van der Waals surface area contributed by atoms with Crippen LogP contribution in [0.5, 0.6) is 0 Å². The highest BCUT2D eigenvalue weighted by molar-refractivity contribution is 7.99. The lowest BCUT2D eigenvalue weighted by atomic mass is 9.97. The molecule has 4 rings (SSSR count). The van der Waals surface area contributed by atoms with Crippen LogP contribution in [0, 0.1) is 0 Å². The molecule has 0 atom stereocenters. The van der Waals surface area contributed by atoms with Crippen LogP contribution in [0.15, 0.2) is 29.4 Å². The Morgan fingerprint density at radius 3 is 2.68 bits per heavy atom. The third-order valence-electron chi connectivity index (χ3n) is 5.60. The second kappa shape index (κ2) is 9.44. The number of benzene rings is 1. The van der Waals surface area contributed by atoms with Gasteiger partial charge in [-0.3, -0.25) is 4.79 Å². The zero-order valence-corrected chi connectivity index (χ0v) is 19.9. The van der Waals surface area contributed by atoms with Crippen LogP contribution in [0.1, 0.15) is 44.1 Å². The minimum absolute atomic E-state index is 0.0818. The maximum absolute atomic E-state index is 12.5. The highest BCUT2D eigenvalue weighted by atomic mass is 32.2. The van der Waals surface area contributed by atoms with Crippen LogP contribution in [0.4, 0.5) is 17.2 Å². The van der Waals surface area contributed by atoms with Crippen molar-refractivity contribution in [2.24, 2.45) is 0 Å². The molecule has 0 radical (unpaired) electrons. The van der Waals surface area contributed by atoms with E-state index < -0.39 is 0 Å². The van der Waals surface area contributed by atoms with Crippen LogP contribution < -0.4 is 16.0 Å². The number of nitrogens with one attached hydrogen (secondary N) is 1. The molecule has 31 heavy (non-hydrogen) atoms. The van der Waals surface area contributed by atoms with Crippen molar-refractivity contribution < 1.29 is 4.79 Å². The summed E-state index contributed by atoms with van der Waals surface area (Å²) in [6, 6.07) is 8.41. The second-order valence-corrected chi connectivity index (χ2v) is 10.1. The molecular formula is C23H29N5OS2. The fourth-order valence-corrected chi connectivity index (χ4v) is 6.12. The first kappa shape index (κ1) is 21.9. The van der Waals surface area contributed by atoms with Crippen LogP contribution in [0.3, 0.4) is 0 Å². The van der Waals surface area contributed by atoms with Crippen molar-refractivity contribution in [3.05, 3.63) is 34.7 Å². The van der Waals surface area contributed by atoms with Gasteiger partial charge in [0.25, 0.3) is 0 Å². The van der Waals surface area contributed by atoms with E-state index in [4.69, 9.17) is 5.73 Å². The summed E-state index contributed by atoms with van der Waals surface area (Å²) in [5, 5.41) is 4.54. The Bertz CT molecular complexity index is 1080. The second-order valence-electron chi connectivity index (χ2n) is 8.05. The lowest BCUT2D eigenvalue weighted by Gasteiger charge is -2.27. The first-order chi connectivity index (χ1) is 15.0. The summed E-state index contributed by atoms with van der Waals surface area (Å²) in [5.74, 6) is 0.695. The number of aryl methyl sites for hydroxylation is 2. The predicted molar refractivity (Wildman–Crippen MR) is 132 cm³/mol. The topological polar surface area (TPSA) is 84.1 Å². The molecule has 3 aromatic rings. The summed E-state index contributed by atoms with van der Waals surface area (Å²) in [6.07, 6.45) is 4.59. The maximum atomic E-state index is 12.5. The monoisotopic (exact) mass is 455 g/mol. The fraction of sp³-hybridized carbons (Fsp3) is 0.435. The van der Waals surface area contributed by atoms with E-state index in [9.17, 15) is 4.79 Å². The number of hydrogen-bond donors (Lipinski definition) is 2. The number of thiophene rings is 1. The third-order valence-corrected chi connectivity index (χ3v) is 7.63. The van der Waals surface area contributed by atoms with Gasteiger partial charge in [-0.2, -0.15) is 0 Å². The number of carbonyl (C=O) groups is 1. The summed E-state index contributed by atoms with van der Waals surface area (Å²) in [5.41, 5.74) is 9.54. The van der Waals surface area contributed by atoms with Gasteiger partial charge in [0.2, 0.25) is 5.91 Å². The highest BCUT2D eigenvalue weighted by Crippen LogP contribution is 2.38. The highest BCUT2D eigenvalue weighted by Gasteiger charge is 2.20. The van der Waals surface area contributed by atoms with Crippen LogP contribution in [-0.2, 0) is 17.6 Å². The average Bonchev–Trinajstić information content (AvgIpc) is 3.12. The van der Waals surface area contributed by atoms with E-state index in [2.05, 4.69) is 41.0 Å². The van der Waals surface area contributed by atoms with Gasteiger partial charge in [0, 0.05) is 28.8 Å². The van der Waals surface area contributed by atoms with Gasteiger partial charge in [-0.25, -0.2) is 9.97 Å². The lowest BCUT2D eigenvalue weighted by Crippen LogP contribution is -2.30. The molecule has 3 N–H and O–H groups in total. The van der Waals surface area contributed by atoms with Crippen molar-refractivity contribution in [2.45, 2.75) is 57.7 Å². The molecule has 2 aromatic heterocycles. The van der Waals surface area contributed by atoms with Gasteiger partial charge in [0.15, 0.2) is 5.16 Å². The van der Waals surface area contributed by atoms with E-state index in [1.54, 1.807) is 11.3 Å². The standard InChI is InChI=1S/C23H29N5OS2/c1-4-28(14(2)3)16-11-9-15(10-12-16)25-19(29)13-30-23-26-21(24)20-17-7-5-6-8-18(17)31-22(20)27-23/h9-12,14H,4-8,13H2,1-3H3,(H,25,29)(H2,24,26,27). The first-order valence-corrected chi connectivity index (χ1v) is 12.6. The minimum Gasteiger partial charge on any atom is -0.383 e. The van der Waals surface area contributed by atoms with Crippen molar-refractivity contribution in [3.8, 4) is 0 Å². The SMILES string of the molecule is CCN(c1ccc(NC(=O)CSc2nc(N)c3c4c(sc3n2)CCCC4)cc1)C(C)C. The molecule has 0 spiro atoms. The van der Waals surface area contributed by atoms with E-state index in [1.807, 2.05) is 24.3 Å². The molecule has 164 valence electrons. The molecule has 8 heteroatoms. The molecule has 0 fully saturated rings. The third kappa shape index (κ3) is 4.80. The Balaban J connectivity index is 1.39. The zero-order chi connectivity index (χ0) is 22.0. The number of thioether (sulfide) groups is 1. The lowest BCUT2D eigenvalue weighted by molar-refractivity contribution is -0.113. The van der Waals surface area contributed by atoms with Crippen LogP contribution in [-0.4, -0.2) is 34.2 Å². The first-order valence-electron chi connectivity index (χ1n) is 10.8. The Morgan fingerprint density at radius 1 is 1.23 bits per heavy atom. The van der Waals surface area contributed by atoms with Gasteiger partial charge >= 0.3 is 0 Å². The van der Waals surface area contributed by atoms with E-state index >= 15 is 0 Å². The number of nitrogen functional groups attached to an aromatic ring is 1. The van der Waals surface area contributed by atoms with E-state index in [0.717, 1.165) is 41.0 Å². The number of anilines is 3. The molecule has 1 aliphatic carbocycles. The average molecular weight is 456 g/mol. The molecule has 2 heterocycles. The molecule has 0 unspecified atom stereocenters. The summed E-state index contributed by atoms with van der Waals surface area (Å²) in [7, 11) is 0. The van der Waals surface area contributed by atoms with Gasteiger partial charge in [0.1, 0.15) is 10.6 Å². The normalized spacial score (nSPS) is 13.4. The van der Waals surface area contributed by atoms with Crippen molar-refractivity contribution in [1.82, 2.24) is 9.97 Å². The Labute approximate surface area is 191 Å².